The van der Waals surface area contributed by atoms with Gasteiger partial charge in [-0.3, -0.25) is 9.59 Å². The average molecular weight is 145 g/mol. The highest BCUT2D eigenvalue weighted by Gasteiger charge is 2.05. The topological polar surface area (TPSA) is 71.3 Å². The van der Waals surface area contributed by atoms with Gasteiger partial charge in [0.05, 0.1) is 7.05 Å². The van der Waals surface area contributed by atoms with E-state index in [0.717, 1.165) is 0 Å². The van der Waals surface area contributed by atoms with Crippen molar-refractivity contribution in [2.75, 3.05) is 7.05 Å². The minimum atomic E-state index is -0.516. The van der Waals surface area contributed by atoms with Gasteiger partial charge in [-0.05, 0) is 10.4 Å². The van der Waals surface area contributed by atoms with E-state index in [4.69, 9.17) is 0 Å². The van der Waals surface area contributed by atoms with Gasteiger partial charge in [-0.15, -0.1) is 0 Å². The fraction of sp³-hybridized carbons (Fsp3) is 0.500. The van der Waals surface area contributed by atoms with Crippen molar-refractivity contribution < 1.29 is 14.4 Å². The van der Waals surface area contributed by atoms with Gasteiger partial charge in [0.2, 0.25) is 0 Å². The maximum atomic E-state index is 10.4. The molecule has 10 heavy (non-hydrogen) atoms. The van der Waals surface area contributed by atoms with E-state index in [9.17, 15) is 9.59 Å². The van der Waals surface area contributed by atoms with Crippen molar-refractivity contribution in [1.82, 2.24) is 5.17 Å². The predicted octanol–water partition coefficient (Wildman–Crippen LogP) is -0.0801. The second kappa shape index (κ2) is 4.42. The number of nitrogens with zero attached hydrogens (tertiary/aromatic N) is 3. The molecule has 6 nitrogen and oxygen atoms in total. The van der Waals surface area contributed by atoms with Gasteiger partial charge in [0.15, 0.2) is 0 Å². The van der Waals surface area contributed by atoms with E-state index < -0.39 is 5.91 Å². The largest absolute Gasteiger partial charge is 0.323 e. The van der Waals surface area contributed by atoms with Crippen molar-refractivity contribution in [2.45, 2.75) is 6.92 Å². The molecule has 56 valence electrons. The van der Waals surface area contributed by atoms with Crippen LogP contribution in [-0.2, 0) is 14.4 Å². The summed E-state index contributed by atoms with van der Waals surface area (Å²) in [4.78, 5) is 24.2. The van der Waals surface area contributed by atoms with Crippen LogP contribution >= 0.6 is 0 Å². The summed E-state index contributed by atoms with van der Waals surface area (Å²) < 4.78 is 0. The Bertz CT molecular complexity index is 156. The lowest BCUT2D eigenvalue weighted by Crippen LogP contribution is -2.21. The van der Waals surface area contributed by atoms with Crippen molar-refractivity contribution in [3.05, 3.63) is 0 Å². The van der Waals surface area contributed by atoms with Gasteiger partial charge in [0, 0.05) is 6.92 Å². The number of rotatable bonds is 3. The molecule has 0 aromatic heterocycles. The lowest BCUT2D eigenvalue weighted by Gasteiger charge is -2.06. The third kappa shape index (κ3) is 2.75. The third-order valence-electron chi connectivity index (χ3n) is 0.583. The number of carbonyl (C=O) groups is 2. The van der Waals surface area contributed by atoms with Crippen molar-refractivity contribution >= 4 is 12.4 Å². The van der Waals surface area contributed by atoms with Crippen molar-refractivity contribution in [2.24, 2.45) is 10.3 Å². The highest BCUT2D eigenvalue weighted by Crippen LogP contribution is 1.89. The molecule has 0 fully saturated rings. The summed E-state index contributed by atoms with van der Waals surface area (Å²) in [7, 11) is 1.35. The summed E-state index contributed by atoms with van der Waals surface area (Å²) >= 11 is 0. The lowest BCUT2D eigenvalue weighted by molar-refractivity contribution is -0.187. The van der Waals surface area contributed by atoms with E-state index in [2.05, 4.69) is 15.2 Å². The van der Waals surface area contributed by atoms with E-state index in [0.29, 0.717) is 5.17 Å². The first-order valence-electron chi connectivity index (χ1n) is 2.43. The maximum absolute atomic E-state index is 10.4. The molecule has 0 aromatic rings. The number of amides is 1. The molecule has 0 saturated heterocycles. The van der Waals surface area contributed by atoms with Crippen LogP contribution in [0.5, 0.6) is 0 Å². The normalized spacial score (nSPS) is 9.40. The van der Waals surface area contributed by atoms with Crippen LogP contribution < -0.4 is 0 Å². The van der Waals surface area contributed by atoms with E-state index in [1.165, 1.54) is 14.0 Å². The Labute approximate surface area is 57.4 Å². The number of carbonyl (C=O) groups excluding carboxylic acids is 2. The molecule has 0 spiro atoms. The van der Waals surface area contributed by atoms with Crippen molar-refractivity contribution in [1.29, 1.82) is 0 Å². The van der Waals surface area contributed by atoms with Crippen LogP contribution in [0.4, 0.5) is 0 Å². The smallest absolute Gasteiger partial charge is 0.318 e. The fourth-order valence-electron chi connectivity index (χ4n) is 0.280. The SMILES string of the molecule is CN=NN(OC=O)C(C)=O. The fourth-order valence-corrected chi connectivity index (χ4v) is 0.280. The molecule has 0 bridgehead atoms. The summed E-state index contributed by atoms with van der Waals surface area (Å²) in [6.07, 6.45) is 0. The second-order valence-corrected chi connectivity index (χ2v) is 1.28. The van der Waals surface area contributed by atoms with Gasteiger partial charge in [-0.25, -0.2) is 0 Å². The van der Waals surface area contributed by atoms with Crippen LogP contribution in [-0.4, -0.2) is 24.6 Å². The molecule has 0 heterocycles. The molecular weight excluding hydrogens is 138 g/mol. The van der Waals surface area contributed by atoms with Crippen LogP contribution in [0.25, 0.3) is 0 Å². The lowest BCUT2D eigenvalue weighted by atomic mass is 10.8. The van der Waals surface area contributed by atoms with E-state index in [1.54, 1.807) is 0 Å². The monoisotopic (exact) mass is 145 g/mol. The molecular formula is C4H7N3O3. The van der Waals surface area contributed by atoms with E-state index >= 15 is 0 Å². The Hall–Kier alpha value is -1.46. The molecule has 0 atom stereocenters. The van der Waals surface area contributed by atoms with E-state index in [1.807, 2.05) is 0 Å². The molecule has 0 aliphatic rings. The molecule has 0 unspecified atom stereocenters. The first kappa shape index (κ1) is 8.54. The zero-order chi connectivity index (χ0) is 7.98. The van der Waals surface area contributed by atoms with Gasteiger partial charge < -0.3 is 4.84 Å². The summed E-state index contributed by atoms with van der Waals surface area (Å²) in [5.74, 6) is -0.516. The molecule has 0 N–H and O–H groups in total. The number of hydroxylamine groups is 1. The molecule has 6 heteroatoms. The molecule has 0 aromatic carbocycles. The highest BCUT2D eigenvalue weighted by atomic mass is 16.7. The van der Waals surface area contributed by atoms with Crippen molar-refractivity contribution in [3.63, 3.8) is 0 Å². The van der Waals surface area contributed by atoms with Crippen LogP contribution in [0.2, 0.25) is 0 Å². The zero-order valence-electron chi connectivity index (χ0n) is 5.64. The average Bonchev–Trinajstić information content (AvgIpc) is 1.87. The van der Waals surface area contributed by atoms with Gasteiger partial charge in [-0.1, -0.05) is 0 Å². The Balaban J connectivity index is 3.96. The maximum Gasteiger partial charge on any atom is 0.323 e. The summed E-state index contributed by atoms with van der Waals surface area (Å²) in [6.45, 7) is 1.29. The summed E-state index contributed by atoms with van der Waals surface area (Å²) in [6, 6.07) is 0. The van der Waals surface area contributed by atoms with Crippen LogP contribution in [0, 0.1) is 0 Å². The van der Waals surface area contributed by atoms with Crippen LogP contribution in [0.15, 0.2) is 10.3 Å². The summed E-state index contributed by atoms with van der Waals surface area (Å²) in [5.41, 5.74) is 0. The number of hydrogen-bond acceptors (Lipinski definition) is 5. The van der Waals surface area contributed by atoms with Gasteiger partial charge in [0.25, 0.3) is 5.91 Å². The molecule has 0 radical (unpaired) electrons. The van der Waals surface area contributed by atoms with Crippen LogP contribution in [0.1, 0.15) is 6.92 Å². The zero-order valence-corrected chi connectivity index (χ0v) is 5.64. The molecule has 0 aliphatic carbocycles. The summed E-state index contributed by atoms with van der Waals surface area (Å²) in [5, 5.41) is 6.87. The first-order chi connectivity index (χ1) is 4.72. The predicted molar refractivity (Wildman–Crippen MR) is 30.4 cm³/mol. The molecule has 0 saturated carbocycles. The van der Waals surface area contributed by atoms with Crippen molar-refractivity contribution in [3.8, 4) is 0 Å². The molecule has 0 rings (SSSR count). The number of hydrogen-bond donors (Lipinski definition) is 0. The molecule has 0 aliphatic heterocycles. The Morgan fingerprint density at radius 1 is 1.70 bits per heavy atom. The first-order valence-corrected chi connectivity index (χ1v) is 2.43. The van der Waals surface area contributed by atoms with Gasteiger partial charge in [-0.2, -0.15) is 5.11 Å². The second-order valence-electron chi connectivity index (χ2n) is 1.28. The van der Waals surface area contributed by atoms with Gasteiger partial charge >= 0.3 is 6.47 Å². The quantitative estimate of drug-likeness (QED) is 0.317. The highest BCUT2D eigenvalue weighted by molar-refractivity contribution is 5.72. The Morgan fingerprint density at radius 3 is 2.60 bits per heavy atom. The molecule has 1 amide bonds. The minimum absolute atomic E-state index is 0.0933. The van der Waals surface area contributed by atoms with Crippen LogP contribution in [0.3, 0.4) is 0 Å². The third-order valence-corrected chi connectivity index (χ3v) is 0.583. The van der Waals surface area contributed by atoms with E-state index in [-0.39, 0.29) is 6.47 Å². The Morgan fingerprint density at radius 2 is 2.30 bits per heavy atom. The minimum Gasteiger partial charge on any atom is -0.318 e. The Kier molecular flexibility index (Phi) is 3.78. The standard InChI is InChI=1S/C4H7N3O3/c1-4(9)7(6-5-2)10-3-8/h3H,1-2H3. The van der Waals surface area contributed by atoms with Gasteiger partial charge in [0.1, 0.15) is 0 Å².